The second-order valence-corrected chi connectivity index (χ2v) is 8.24. The maximum Gasteiger partial charge on any atom is 0.586 e. The van der Waals surface area contributed by atoms with E-state index in [1.54, 1.807) is 0 Å². The largest absolute Gasteiger partial charge is 0.586 e. The zero-order valence-electron chi connectivity index (χ0n) is 16.5. The third-order valence-electron chi connectivity index (χ3n) is 5.17. The van der Waals surface area contributed by atoms with E-state index in [2.05, 4.69) is 20.1 Å². The fourth-order valence-corrected chi connectivity index (χ4v) is 4.30. The number of carbonyl (C=O) groups is 2. The van der Waals surface area contributed by atoms with Crippen molar-refractivity contribution in [2.45, 2.75) is 12.3 Å². The highest BCUT2D eigenvalue weighted by atomic mass is 35.5. The average Bonchev–Trinajstić information content (AvgIpc) is 3.24. The van der Waals surface area contributed by atoms with Crippen LogP contribution in [0.15, 0.2) is 42.5 Å². The Kier molecular flexibility index (Phi) is 5.10. The van der Waals surface area contributed by atoms with E-state index in [-0.39, 0.29) is 38.0 Å². The first kappa shape index (κ1) is 22.3. The normalized spacial score (nSPS) is 17.4. The van der Waals surface area contributed by atoms with Crippen LogP contribution in [0.25, 0.3) is 0 Å². The quantitative estimate of drug-likeness (QED) is 0.442. The maximum absolute atomic E-state index is 14.0. The molecular weight excluding hydrogens is 503 g/mol. The molecule has 0 radical (unpaired) electrons. The molecule has 3 aromatic rings. The fraction of sp³-hybridized carbons (Fsp3) is 0.0909. The highest BCUT2D eigenvalue weighted by Gasteiger charge is 2.49. The summed E-state index contributed by atoms with van der Waals surface area (Å²) in [5, 5.41) is 4.99. The Morgan fingerprint density at radius 3 is 2.53 bits per heavy atom. The molecule has 0 spiro atoms. The van der Waals surface area contributed by atoms with Gasteiger partial charge in [0.25, 0.3) is 11.8 Å². The van der Waals surface area contributed by atoms with Gasteiger partial charge in [0.2, 0.25) is 0 Å². The predicted octanol–water partition coefficient (Wildman–Crippen LogP) is 5.68. The Hall–Kier alpha value is -3.50. The average molecular weight is 513 g/mol. The third kappa shape index (κ3) is 3.78. The standard InChI is InChI=1S/C22H10Cl2F4N2O4/c23-9-3-8(4-11(26)5-9)20(31)29-14-7-15-19(34-22(27,28)33-15)17-16(14)18(30-21(17)32)12-6-10(25)1-2-13(12)24/h1-7,18H,(H,29,31)(H,30,32)/t18-/m0/s1. The van der Waals surface area contributed by atoms with E-state index in [0.717, 1.165) is 30.3 Å². The van der Waals surface area contributed by atoms with Gasteiger partial charge in [0.05, 0.1) is 17.3 Å². The fourth-order valence-electron chi connectivity index (χ4n) is 3.85. The van der Waals surface area contributed by atoms with Crippen molar-refractivity contribution in [3.63, 3.8) is 0 Å². The van der Waals surface area contributed by atoms with Gasteiger partial charge in [0, 0.05) is 32.8 Å². The molecule has 0 aromatic heterocycles. The molecule has 0 saturated heterocycles. The van der Waals surface area contributed by atoms with Crippen LogP contribution in [0.5, 0.6) is 11.5 Å². The van der Waals surface area contributed by atoms with E-state index in [4.69, 9.17) is 23.2 Å². The molecule has 2 N–H and O–H groups in total. The Balaban J connectivity index is 1.67. The molecule has 0 fully saturated rings. The lowest BCUT2D eigenvalue weighted by Gasteiger charge is -2.18. The van der Waals surface area contributed by atoms with Crippen LogP contribution in [0, 0.1) is 11.6 Å². The highest BCUT2D eigenvalue weighted by molar-refractivity contribution is 6.31. The number of amides is 2. The SMILES string of the molecule is O=C(Nc1cc2c(c3c1[C@H](c1cc(F)ccc1Cl)NC3=O)OC(F)(F)O2)c1cc(F)cc(Cl)c1. The first-order chi connectivity index (χ1) is 16.0. The molecular formula is C22H10Cl2F4N2O4. The number of hydrogen-bond acceptors (Lipinski definition) is 4. The molecule has 0 saturated carbocycles. The van der Waals surface area contributed by atoms with Gasteiger partial charge >= 0.3 is 6.29 Å². The minimum atomic E-state index is -4.07. The molecule has 0 aliphatic carbocycles. The monoisotopic (exact) mass is 512 g/mol. The van der Waals surface area contributed by atoms with E-state index in [0.29, 0.717) is 0 Å². The molecule has 6 nitrogen and oxygen atoms in total. The second-order valence-electron chi connectivity index (χ2n) is 7.39. The number of carbonyl (C=O) groups excluding carboxylic acids is 2. The molecule has 2 aliphatic heterocycles. The lowest BCUT2D eigenvalue weighted by Crippen LogP contribution is -2.26. The lowest BCUT2D eigenvalue weighted by molar-refractivity contribution is -0.286. The van der Waals surface area contributed by atoms with Crippen LogP contribution in [-0.2, 0) is 0 Å². The summed E-state index contributed by atoms with van der Waals surface area (Å²) in [6.07, 6.45) is -4.07. The molecule has 12 heteroatoms. The number of nitrogens with one attached hydrogen (secondary N) is 2. The van der Waals surface area contributed by atoms with Gasteiger partial charge < -0.3 is 20.1 Å². The second kappa shape index (κ2) is 7.78. The summed E-state index contributed by atoms with van der Waals surface area (Å²) in [6, 6.07) is 6.38. The van der Waals surface area contributed by atoms with E-state index in [9.17, 15) is 27.2 Å². The van der Waals surface area contributed by atoms with Crippen molar-refractivity contribution >= 4 is 40.7 Å². The topological polar surface area (TPSA) is 76.7 Å². The molecule has 0 unspecified atom stereocenters. The van der Waals surface area contributed by atoms with Crippen LogP contribution in [0.2, 0.25) is 10.0 Å². The molecule has 174 valence electrons. The van der Waals surface area contributed by atoms with Crippen molar-refractivity contribution in [3.05, 3.63) is 86.4 Å². The van der Waals surface area contributed by atoms with Crippen molar-refractivity contribution in [1.29, 1.82) is 0 Å². The molecule has 5 rings (SSSR count). The lowest BCUT2D eigenvalue weighted by atomic mass is 9.95. The van der Waals surface area contributed by atoms with Gasteiger partial charge in [-0.3, -0.25) is 9.59 Å². The van der Waals surface area contributed by atoms with Gasteiger partial charge in [-0.15, -0.1) is 8.78 Å². The third-order valence-corrected chi connectivity index (χ3v) is 5.73. The van der Waals surface area contributed by atoms with E-state index in [1.807, 2.05) is 0 Å². The maximum atomic E-state index is 14.0. The van der Waals surface area contributed by atoms with Gasteiger partial charge in [-0.2, -0.15) is 0 Å². The van der Waals surface area contributed by atoms with Crippen LogP contribution in [0.1, 0.15) is 37.9 Å². The number of anilines is 1. The summed E-state index contributed by atoms with van der Waals surface area (Å²) in [6.45, 7) is 0. The van der Waals surface area contributed by atoms with Crippen molar-refractivity contribution in [2.24, 2.45) is 0 Å². The van der Waals surface area contributed by atoms with E-state index in [1.165, 1.54) is 12.1 Å². The minimum Gasteiger partial charge on any atom is -0.395 e. The van der Waals surface area contributed by atoms with Crippen molar-refractivity contribution < 1.29 is 36.6 Å². The number of fused-ring (bicyclic) bond motifs is 3. The number of halogens is 6. The number of hydrogen-bond donors (Lipinski definition) is 2. The van der Waals surface area contributed by atoms with Crippen LogP contribution in [-0.4, -0.2) is 18.1 Å². The minimum absolute atomic E-state index is 0.0200. The Morgan fingerprint density at radius 2 is 1.79 bits per heavy atom. The van der Waals surface area contributed by atoms with Crippen LogP contribution in [0.3, 0.4) is 0 Å². The summed E-state index contributed by atoms with van der Waals surface area (Å²) >= 11 is 12.0. The van der Waals surface area contributed by atoms with E-state index < -0.39 is 47.3 Å². The smallest absolute Gasteiger partial charge is 0.395 e. The first-order valence-electron chi connectivity index (χ1n) is 9.52. The van der Waals surface area contributed by atoms with Crippen molar-refractivity contribution in [3.8, 4) is 11.5 Å². The van der Waals surface area contributed by atoms with E-state index >= 15 is 0 Å². The molecule has 3 aromatic carbocycles. The van der Waals surface area contributed by atoms with Crippen molar-refractivity contribution in [2.75, 3.05) is 5.32 Å². The molecule has 2 aliphatic rings. The van der Waals surface area contributed by atoms with Crippen LogP contribution in [0.4, 0.5) is 23.2 Å². The highest BCUT2D eigenvalue weighted by Crippen LogP contribution is 2.52. The molecule has 1 atom stereocenters. The molecule has 0 bridgehead atoms. The Bertz CT molecular complexity index is 1380. The zero-order chi connectivity index (χ0) is 24.4. The molecule has 2 amide bonds. The zero-order valence-corrected chi connectivity index (χ0v) is 18.0. The Morgan fingerprint density at radius 1 is 1.03 bits per heavy atom. The Labute approximate surface area is 198 Å². The molecule has 34 heavy (non-hydrogen) atoms. The summed E-state index contributed by atoms with van der Waals surface area (Å²) < 4.78 is 64.3. The number of rotatable bonds is 3. The number of benzene rings is 3. The number of ether oxygens (including phenoxy) is 2. The van der Waals surface area contributed by atoms with Gasteiger partial charge in [-0.1, -0.05) is 23.2 Å². The van der Waals surface area contributed by atoms with Gasteiger partial charge in [-0.05, 0) is 36.4 Å². The number of alkyl halides is 2. The van der Waals surface area contributed by atoms with Gasteiger partial charge in [-0.25, -0.2) is 8.78 Å². The molecule has 2 heterocycles. The first-order valence-corrected chi connectivity index (χ1v) is 10.3. The summed E-state index contributed by atoms with van der Waals surface area (Å²) in [5.74, 6) is -4.24. The van der Waals surface area contributed by atoms with Crippen molar-refractivity contribution in [1.82, 2.24) is 5.32 Å². The van der Waals surface area contributed by atoms with Crippen LogP contribution < -0.4 is 20.1 Å². The van der Waals surface area contributed by atoms with Gasteiger partial charge in [0.15, 0.2) is 11.5 Å². The summed E-state index contributed by atoms with van der Waals surface area (Å²) in [5.41, 5.74) is -0.604. The summed E-state index contributed by atoms with van der Waals surface area (Å²) in [4.78, 5) is 25.6. The van der Waals surface area contributed by atoms with Gasteiger partial charge in [0.1, 0.15) is 11.6 Å². The summed E-state index contributed by atoms with van der Waals surface area (Å²) in [7, 11) is 0. The van der Waals surface area contributed by atoms with Crippen LogP contribution >= 0.6 is 23.2 Å². The predicted molar refractivity (Wildman–Crippen MR) is 113 cm³/mol.